The van der Waals surface area contributed by atoms with Gasteiger partial charge in [-0.05, 0) is 36.1 Å². The summed E-state index contributed by atoms with van der Waals surface area (Å²) < 4.78 is 51.7. The number of hydrogen-bond donors (Lipinski definition) is 0. The molecule has 0 N–H and O–H groups in total. The van der Waals surface area contributed by atoms with Gasteiger partial charge in [-0.2, -0.15) is 0 Å². The van der Waals surface area contributed by atoms with Crippen LogP contribution in [0.15, 0.2) is 24.3 Å². The molecule has 6 atom stereocenters. The molecule has 0 amide bonds. The van der Waals surface area contributed by atoms with Crippen molar-refractivity contribution in [3.8, 4) is 5.75 Å². The molecule has 40 heavy (non-hydrogen) atoms. The van der Waals surface area contributed by atoms with Crippen LogP contribution in [0.2, 0.25) is 25.7 Å². The van der Waals surface area contributed by atoms with Gasteiger partial charge in [-0.25, -0.2) is 0 Å². The largest absolute Gasteiger partial charge is 0.497 e. The number of carbonyl (C=O) groups excluding carboxylic acids is 1. The fraction of sp³-hybridized carbons (Fsp3) is 0.759. The third-order valence-electron chi connectivity index (χ3n) is 6.81. The van der Waals surface area contributed by atoms with Crippen molar-refractivity contribution >= 4 is 14.4 Å². The van der Waals surface area contributed by atoms with Gasteiger partial charge in [0.05, 0.1) is 32.0 Å². The van der Waals surface area contributed by atoms with Gasteiger partial charge < -0.3 is 47.4 Å². The van der Waals surface area contributed by atoms with Crippen molar-refractivity contribution in [2.24, 2.45) is 5.92 Å². The third-order valence-corrected chi connectivity index (χ3v) is 8.51. The standard InChI is InChI=1S/C29H50O10Si/c1-22(12-13-34-19-31-2)28(37-20-32-3)29(38-21-35-14-15-40(5,6)7)26-16-25(27(17-30)39-26)36-18-23-8-10-24(33-4)11-9-23/h8-11,17,22,25-29H,12-16,18-21H2,1-7H3/t22-,25-,26+,27-,28-,29-/m1/s1. The van der Waals surface area contributed by atoms with E-state index in [-0.39, 0.29) is 26.3 Å². The van der Waals surface area contributed by atoms with Gasteiger partial charge in [0.2, 0.25) is 0 Å². The van der Waals surface area contributed by atoms with Gasteiger partial charge in [0.15, 0.2) is 6.29 Å². The molecule has 1 aromatic rings. The van der Waals surface area contributed by atoms with Gasteiger partial charge in [-0.15, -0.1) is 0 Å². The van der Waals surface area contributed by atoms with Crippen molar-refractivity contribution in [3.63, 3.8) is 0 Å². The second kappa shape index (κ2) is 18.9. The van der Waals surface area contributed by atoms with E-state index in [2.05, 4.69) is 26.6 Å². The Bertz CT molecular complexity index is 803. The van der Waals surface area contributed by atoms with Crippen LogP contribution in [-0.2, 0) is 49.3 Å². The summed E-state index contributed by atoms with van der Waals surface area (Å²) in [4.78, 5) is 12.0. The van der Waals surface area contributed by atoms with E-state index >= 15 is 0 Å². The summed E-state index contributed by atoms with van der Waals surface area (Å²) in [6.07, 6.45) is -0.527. The molecule has 11 heteroatoms. The van der Waals surface area contributed by atoms with Crippen LogP contribution in [0, 0.1) is 5.92 Å². The summed E-state index contributed by atoms with van der Waals surface area (Å²) >= 11 is 0. The van der Waals surface area contributed by atoms with Crippen LogP contribution >= 0.6 is 0 Å². The molecule has 0 aliphatic carbocycles. The number of benzene rings is 1. The summed E-state index contributed by atoms with van der Waals surface area (Å²) in [5, 5.41) is 0. The zero-order valence-electron chi connectivity index (χ0n) is 25.3. The van der Waals surface area contributed by atoms with Crippen LogP contribution in [0.1, 0.15) is 25.3 Å². The summed E-state index contributed by atoms with van der Waals surface area (Å²) in [5.41, 5.74) is 0.975. The molecule has 2 rings (SSSR count). The third kappa shape index (κ3) is 12.6. The van der Waals surface area contributed by atoms with Gasteiger partial charge in [-0.1, -0.05) is 38.7 Å². The van der Waals surface area contributed by atoms with Crippen LogP contribution in [0.4, 0.5) is 0 Å². The van der Waals surface area contributed by atoms with Crippen LogP contribution in [0.3, 0.4) is 0 Å². The molecule has 1 aliphatic rings. The Hall–Kier alpha value is -1.41. The molecule has 0 unspecified atom stereocenters. The average molecular weight is 587 g/mol. The molecule has 0 saturated carbocycles. The van der Waals surface area contributed by atoms with E-state index in [1.54, 1.807) is 21.3 Å². The molecule has 1 fully saturated rings. The Balaban J connectivity index is 2.13. The first-order valence-corrected chi connectivity index (χ1v) is 17.6. The van der Waals surface area contributed by atoms with Crippen molar-refractivity contribution in [3.05, 3.63) is 29.8 Å². The summed E-state index contributed by atoms with van der Waals surface area (Å²) in [6, 6.07) is 8.67. The zero-order valence-corrected chi connectivity index (χ0v) is 26.3. The molecule has 0 spiro atoms. The van der Waals surface area contributed by atoms with Crippen molar-refractivity contribution in [2.75, 3.05) is 54.9 Å². The maximum absolute atomic E-state index is 12.0. The van der Waals surface area contributed by atoms with Crippen molar-refractivity contribution in [1.82, 2.24) is 0 Å². The van der Waals surface area contributed by atoms with E-state index in [1.807, 2.05) is 24.3 Å². The lowest BCUT2D eigenvalue weighted by molar-refractivity contribution is -0.206. The van der Waals surface area contributed by atoms with Gasteiger partial charge in [0.25, 0.3) is 0 Å². The molecule has 0 aromatic heterocycles. The Kier molecular flexibility index (Phi) is 16.4. The highest BCUT2D eigenvalue weighted by Gasteiger charge is 2.45. The predicted molar refractivity (Wildman–Crippen MR) is 153 cm³/mol. The lowest BCUT2D eigenvalue weighted by Crippen LogP contribution is -2.46. The number of methoxy groups -OCH3 is 3. The van der Waals surface area contributed by atoms with Gasteiger partial charge in [-0.3, -0.25) is 0 Å². The van der Waals surface area contributed by atoms with Crippen molar-refractivity contribution in [2.45, 2.75) is 82.6 Å². The van der Waals surface area contributed by atoms with Crippen LogP contribution in [-0.4, -0.2) is 99.8 Å². The molecule has 230 valence electrons. The SMILES string of the molecule is COCOCC[C@@H](C)[C@@H](OCOC)[C@H](OCOCC[Si](C)(C)C)[C@@H]1C[C@@H](OCc2ccc(OC)cc2)[C@@H](C=O)O1. The number of rotatable bonds is 22. The molecule has 0 radical (unpaired) electrons. The summed E-state index contributed by atoms with van der Waals surface area (Å²) in [6.45, 7) is 10.9. The Labute approximate surface area is 240 Å². The minimum Gasteiger partial charge on any atom is -0.497 e. The molecular formula is C29H50O10Si. The van der Waals surface area contributed by atoms with E-state index in [0.29, 0.717) is 32.7 Å². The van der Waals surface area contributed by atoms with E-state index in [0.717, 1.165) is 23.6 Å². The smallest absolute Gasteiger partial charge is 0.151 e. The first-order valence-electron chi connectivity index (χ1n) is 13.9. The van der Waals surface area contributed by atoms with Gasteiger partial charge in [0.1, 0.15) is 38.3 Å². The minimum absolute atomic E-state index is 0.0246. The first kappa shape index (κ1) is 34.8. The molecule has 0 bridgehead atoms. The normalized spacial score (nSPS) is 21.7. The van der Waals surface area contributed by atoms with Crippen LogP contribution in [0.25, 0.3) is 0 Å². The van der Waals surface area contributed by atoms with E-state index in [1.165, 1.54) is 0 Å². The second-order valence-corrected chi connectivity index (χ2v) is 16.9. The maximum atomic E-state index is 12.0. The van der Waals surface area contributed by atoms with E-state index < -0.39 is 38.6 Å². The molecular weight excluding hydrogens is 536 g/mol. The van der Waals surface area contributed by atoms with Crippen molar-refractivity contribution in [1.29, 1.82) is 0 Å². The van der Waals surface area contributed by atoms with E-state index in [4.69, 9.17) is 42.6 Å². The fourth-order valence-corrected chi connectivity index (χ4v) is 5.17. The highest BCUT2D eigenvalue weighted by Crippen LogP contribution is 2.32. The molecule has 1 saturated heterocycles. The molecule has 1 heterocycles. The lowest BCUT2D eigenvalue weighted by Gasteiger charge is -2.34. The quantitative estimate of drug-likeness (QED) is 0.0848. The maximum Gasteiger partial charge on any atom is 0.151 e. The molecule has 10 nitrogen and oxygen atoms in total. The highest BCUT2D eigenvalue weighted by molar-refractivity contribution is 6.76. The topological polar surface area (TPSA) is 100 Å². The minimum atomic E-state index is -1.24. The predicted octanol–water partition coefficient (Wildman–Crippen LogP) is 4.27. The molecule has 1 aromatic carbocycles. The summed E-state index contributed by atoms with van der Waals surface area (Å²) in [5.74, 6) is 0.797. The molecule has 1 aliphatic heterocycles. The lowest BCUT2D eigenvalue weighted by atomic mass is 9.92. The van der Waals surface area contributed by atoms with Crippen LogP contribution in [0.5, 0.6) is 5.75 Å². The van der Waals surface area contributed by atoms with Crippen LogP contribution < -0.4 is 4.74 Å². The zero-order chi connectivity index (χ0) is 29.4. The Morgan fingerprint density at radius 1 is 0.975 bits per heavy atom. The number of hydrogen-bond acceptors (Lipinski definition) is 10. The van der Waals surface area contributed by atoms with Gasteiger partial charge >= 0.3 is 0 Å². The van der Waals surface area contributed by atoms with Gasteiger partial charge in [0, 0.05) is 41.9 Å². The highest BCUT2D eigenvalue weighted by atomic mass is 28.3. The van der Waals surface area contributed by atoms with E-state index in [9.17, 15) is 4.79 Å². The summed E-state index contributed by atoms with van der Waals surface area (Å²) in [7, 11) is 3.56. The first-order chi connectivity index (χ1) is 19.2. The number of aldehydes is 1. The Morgan fingerprint density at radius 2 is 1.68 bits per heavy atom. The fourth-order valence-electron chi connectivity index (χ4n) is 4.41. The number of carbonyl (C=O) groups is 1. The van der Waals surface area contributed by atoms with Crippen molar-refractivity contribution < 1.29 is 47.4 Å². The average Bonchev–Trinajstić information content (AvgIpc) is 3.35. The Morgan fingerprint density at radius 3 is 2.30 bits per heavy atom. The number of ether oxygens (including phenoxy) is 9. The monoisotopic (exact) mass is 586 g/mol. The second-order valence-electron chi connectivity index (χ2n) is 11.3.